The van der Waals surface area contributed by atoms with Crippen LogP contribution in [0.3, 0.4) is 0 Å². The molecule has 7 heteroatoms. The minimum atomic E-state index is 0.632. The number of fused-ring (bicyclic) bond motifs is 10. The lowest BCUT2D eigenvalue weighted by atomic mass is 10.1. The highest BCUT2D eigenvalue weighted by Crippen LogP contribution is 2.42. The van der Waals surface area contributed by atoms with Gasteiger partial charge in [-0.05, 0) is 36.4 Å². The van der Waals surface area contributed by atoms with E-state index >= 15 is 0 Å². The molecule has 12 rings (SSSR count). The normalized spacial score (nSPS) is 11.9. The first-order chi connectivity index (χ1) is 28.2. The zero-order chi connectivity index (χ0) is 37.5. The van der Waals surface area contributed by atoms with Crippen molar-refractivity contribution >= 4 is 75.3 Å². The van der Waals surface area contributed by atoms with Crippen LogP contribution in [0.25, 0.3) is 109 Å². The van der Waals surface area contributed by atoms with Crippen molar-refractivity contribution < 1.29 is 8.98 Å². The molecule has 0 N–H and O–H groups in total. The largest absolute Gasteiger partial charge is 0.455 e. The van der Waals surface area contributed by atoms with Gasteiger partial charge in [0.05, 0.1) is 21.8 Å². The Balaban J connectivity index is 1.15. The Hall–Kier alpha value is -7.48. The van der Waals surface area contributed by atoms with E-state index in [1.165, 1.54) is 10.1 Å². The summed E-state index contributed by atoms with van der Waals surface area (Å²) in [6, 6.07) is 58.9. The summed E-state index contributed by atoms with van der Waals surface area (Å²) < 4.78 is 13.6. The molecule has 5 aromatic heterocycles. The number of aromatic nitrogens is 5. The summed E-state index contributed by atoms with van der Waals surface area (Å²) in [6.45, 7) is 0. The maximum atomic E-state index is 6.69. The molecule has 0 spiro atoms. The molecule has 6 nitrogen and oxygen atoms in total. The van der Waals surface area contributed by atoms with Crippen LogP contribution in [0.4, 0.5) is 0 Å². The maximum Gasteiger partial charge on any atom is 0.212 e. The Kier molecular flexibility index (Phi) is 7.00. The molecule has 7 aromatic carbocycles. The molecule has 266 valence electrons. The van der Waals surface area contributed by atoms with Crippen molar-refractivity contribution in [2.45, 2.75) is 0 Å². The van der Waals surface area contributed by atoms with Crippen LogP contribution in [0.15, 0.2) is 187 Å². The number of nitrogens with zero attached hydrogens (tertiary/aromatic N) is 5. The van der Waals surface area contributed by atoms with Crippen LogP contribution in [0, 0.1) is 0 Å². The smallest absolute Gasteiger partial charge is 0.212 e. The highest BCUT2D eigenvalue weighted by Gasteiger charge is 2.24. The van der Waals surface area contributed by atoms with Gasteiger partial charge in [0.25, 0.3) is 0 Å². The standard InChI is InChI=1S/C50H30N5OS/c1-4-14-31(15-5-1)48-51-49(32-16-6-2-7-17-32)53-50(52-48)39-29-34(28-38-36-21-11-13-23-44(36)57-47(38)39)54-27-26-41-40(30-54)45-42(55(41)33-18-8-3-9-19-33)25-24-37-35-20-10-12-22-43(35)56-46(37)45/h1-30H/q+1. The predicted molar refractivity (Wildman–Crippen MR) is 232 cm³/mol. The third-order valence-corrected chi connectivity index (χ3v) is 12.1. The van der Waals surface area contributed by atoms with Gasteiger partial charge in [-0.1, -0.05) is 115 Å². The summed E-state index contributed by atoms with van der Waals surface area (Å²) in [5, 5.41) is 6.75. The second kappa shape index (κ2) is 12.5. The second-order valence-electron chi connectivity index (χ2n) is 14.3. The Bertz CT molecular complexity index is 3460. The topological polar surface area (TPSA) is 60.6 Å². The zero-order valence-corrected chi connectivity index (χ0v) is 31.2. The molecule has 0 amide bonds. The molecule has 0 aliphatic rings. The molecule has 0 fully saturated rings. The van der Waals surface area contributed by atoms with Crippen molar-refractivity contribution in [2.75, 3.05) is 0 Å². The quantitative estimate of drug-likeness (QED) is 0.164. The van der Waals surface area contributed by atoms with Crippen molar-refractivity contribution in [3.63, 3.8) is 0 Å². The Labute approximate surface area is 330 Å². The molecule has 12 aromatic rings. The van der Waals surface area contributed by atoms with Crippen molar-refractivity contribution in [1.82, 2.24) is 19.5 Å². The Morgan fingerprint density at radius 3 is 1.91 bits per heavy atom. The fraction of sp³-hybridized carbons (Fsp3) is 0. The fourth-order valence-electron chi connectivity index (χ4n) is 8.30. The molecule has 0 bridgehead atoms. The number of para-hydroxylation sites is 2. The van der Waals surface area contributed by atoms with E-state index in [0.29, 0.717) is 17.5 Å². The van der Waals surface area contributed by atoms with Crippen LogP contribution >= 0.6 is 11.3 Å². The molecule has 0 unspecified atom stereocenters. The lowest BCUT2D eigenvalue weighted by Crippen LogP contribution is -2.29. The number of thiophene rings is 1. The lowest BCUT2D eigenvalue weighted by molar-refractivity contribution is -0.594. The number of pyridine rings is 1. The average molecular weight is 749 g/mol. The second-order valence-corrected chi connectivity index (χ2v) is 15.3. The molecule has 0 aliphatic carbocycles. The summed E-state index contributed by atoms with van der Waals surface area (Å²) >= 11 is 1.77. The van der Waals surface area contributed by atoms with Crippen molar-refractivity contribution in [1.29, 1.82) is 0 Å². The molecular weight excluding hydrogens is 719 g/mol. The Morgan fingerprint density at radius 2 is 1.16 bits per heavy atom. The first kappa shape index (κ1) is 31.8. The van der Waals surface area contributed by atoms with Crippen molar-refractivity contribution in [3.05, 3.63) is 182 Å². The van der Waals surface area contributed by atoms with Crippen LogP contribution in [0.1, 0.15) is 0 Å². The van der Waals surface area contributed by atoms with Gasteiger partial charge in [-0.3, -0.25) is 0 Å². The highest BCUT2D eigenvalue weighted by molar-refractivity contribution is 7.26. The van der Waals surface area contributed by atoms with Crippen LogP contribution in [0.5, 0.6) is 0 Å². The average Bonchev–Trinajstić information content (AvgIpc) is 3.96. The SMILES string of the molecule is c1ccc(-c2nc(-c3ccccc3)nc(-c3cc(-[n+]4ccc5c(c4)c4c6oc7ccccc7c6ccc4n5-c4ccccc4)cc4c3sc3ccccc34)n2)cc1. The number of rotatable bonds is 5. The van der Waals surface area contributed by atoms with Crippen LogP contribution in [-0.4, -0.2) is 19.5 Å². The van der Waals surface area contributed by atoms with Crippen LogP contribution < -0.4 is 4.57 Å². The number of furan rings is 1. The van der Waals surface area contributed by atoms with Gasteiger partial charge in [0.1, 0.15) is 11.2 Å². The fourth-order valence-corrected chi connectivity index (χ4v) is 9.50. The number of hydrogen-bond donors (Lipinski definition) is 0. The van der Waals surface area contributed by atoms with E-state index in [2.05, 4.69) is 143 Å². The Morgan fingerprint density at radius 1 is 0.509 bits per heavy atom. The molecule has 0 radical (unpaired) electrons. The highest BCUT2D eigenvalue weighted by atomic mass is 32.1. The zero-order valence-electron chi connectivity index (χ0n) is 30.4. The van der Waals surface area contributed by atoms with Gasteiger partial charge in [-0.2, -0.15) is 4.57 Å². The minimum absolute atomic E-state index is 0.632. The van der Waals surface area contributed by atoms with E-state index in [0.717, 1.165) is 81.9 Å². The van der Waals surface area contributed by atoms with E-state index in [-0.39, 0.29) is 0 Å². The van der Waals surface area contributed by atoms with E-state index in [9.17, 15) is 0 Å². The van der Waals surface area contributed by atoms with E-state index in [1.807, 2.05) is 48.5 Å². The van der Waals surface area contributed by atoms with Gasteiger partial charge in [-0.15, -0.1) is 11.3 Å². The summed E-state index contributed by atoms with van der Waals surface area (Å²) in [4.78, 5) is 15.4. The summed E-state index contributed by atoms with van der Waals surface area (Å²) in [6.07, 6.45) is 4.41. The lowest BCUT2D eigenvalue weighted by Gasteiger charge is -2.10. The monoisotopic (exact) mass is 748 g/mol. The van der Waals surface area contributed by atoms with Crippen molar-refractivity contribution in [2.24, 2.45) is 0 Å². The van der Waals surface area contributed by atoms with E-state index in [1.54, 1.807) is 11.3 Å². The first-order valence-corrected chi connectivity index (χ1v) is 19.7. The maximum absolute atomic E-state index is 6.69. The molecule has 0 saturated heterocycles. The third-order valence-electron chi connectivity index (χ3n) is 10.9. The van der Waals surface area contributed by atoms with E-state index < -0.39 is 0 Å². The predicted octanol–water partition coefficient (Wildman–Crippen LogP) is 12.5. The van der Waals surface area contributed by atoms with Crippen LogP contribution in [-0.2, 0) is 0 Å². The van der Waals surface area contributed by atoms with Gasteiger partial charge >= 0.3 is 0 Å². The van der Waals surface area contributed by atoms with Gasteiger partial charge in [0, 0.05) is 71.5 Å². The van der Waals surface area contributed by atoms with Gasteiger partial charge < -0.3 is 8.98 Å². The van der Waals surface area contributed by atoms with E-state index in [4.69, 9.17) is 19.4 Å². The summed E-state index contributed by atoms with van der Waals surface area (Å²) in [5.41, 5.74) is 8.89. The minimum Gasteiger partial charge on any atom is -0.455 e. The molecule has 0 aliphatic heterocycles. The van der Waals surface area contributed by atoms with Crippen molar-refractivity contribution in [3.8, 4) is 45.5 Å². The summed E-state index contributed by atoms with van der Waals surface area (Å²) in [5.74, 6) is 1.90. The number of hydrogen-bond acceptors (Lipinski definition) is 5. The summed E-state index contributed by atoms with van der Waals surface area (Å²) in [7, 11) is 0. The van der Waals surface area contributed by atoms with Gasteiger partial charge in [0.2, 0.25) is 5.69 Å². The first-order valence-electron chi connectivity index (χ1n) is 18.9. The van der Waals surface area contributed by atoms with Gasteiger partial charge in [0.15, 0.2) is 29.9 Å². The molecular formula is C50H30N5OS+. The third kappa shape index (κ3) is 5.03. The molecule has 0 saturated carbocycles. The van der Waals surface area contributed by atoms with Gasteiger partial charge in [-0.25, -0.2) is 15.0 Å². The molecule has 5 heterocycles. The number of benzene rings is 7. The van der Waals surface area contributed by atoms with Crippen LogP contribution in [0.2, 0.25) is 0 Å². The molecule has 0 atom stereocenters. The molecule has 57 heavy (non-hydrogen) atoms.